The van der Waals surface area contributed by atoms with Gasteiger partial charge < -0.3 is 5.73 Å². The lowest BCUT2D eigenvalue weighted by Crippen LogP contribution is -2.26. The predicted octanol–water partition coefficient (Wildman–Crippen LogP) is 1.03. The fourth-order valence-corrected chi connectivity index (χ4v) is 1.16. The van der Waals surface area contributed by atoms with Gasteiger partial charge in [-0.25, -0.2) is 0 Å². The summed E-state index contributed by atoms with van der Waals surface area (Å²) in [4.78, 5) is 10.5. The molecule has 0 amide bonds. The minimum atomic E-state index is -0.252. The average molecular weight is 259 g/mol. The van der Waals surface area contributed by atoms with Crippen LogP contribution in [0.25, 0.3) is 0 Å². The van der Waals surface area contributed by atoms with Crippen molar-refractivity contribution >= 4 is 38.1 Å². The van der Waals surface area contributed by atoms with Gasteiger partial charge in [0.25, 0.3) is 0 Å². The van der Waals surface area contributed by atoms with Crippen LogP contribution < -0.4 is 5.73 Å². The summed E-state index contributed by atoms with van der Waals surface area (Å²) >= 11 is 3.45. The van der Waals surface area contributed by atoms with Crippen LogP contribution in [0.3, 0.4) is 0 Å². The molecular formula is C5H10INOS. The molecule has 0 aliphatic rings. The highest BCUT2D eigenvalue weighted by Gasteiger charge is 2.07. The van der Waals surface area contributed by atoms with Crippen LogP contribution in [-0.4, -0.2) is 21.8 Å². The maximum absolute atomic E-state index is 10.5. The van der Waals surface area contributed by atoms with Crippen LogP contribution in [-0.2, 0) is 4.79 Å². The van der Waals surface area contributed by atoms with Crippen molar-refractivity contribution in [3.63, 3.8) is 0 Å². The first-order chi connectivity index (χ1) is 4.18. The van der Waals surface area contributed by atoms with E-state index in [0.29, 0.717) is 0 Å². The van der Waals surface area contributed by atoms with Gasteiger partial charge in [-0.3, -0.25) is 4.79 Å². The van der Waals surface area contributed by atoms with Gasteiger partial charge in [0.1, 0.15) is 0 Å². The molecule has 0 heterocycles. The summed E-state index contributed by atoms with van der Waals surface area (Å²) in [6, 6.07) is -0.252. The zero-order chi connectivity index (χ0) is 7.28. The van der Waals surface area contributed by atoms with E-state index in [-0.39, 0.29) is 9.83 Å². The van der Waals surface area contributed by atoms with Crippen molar-refractivity contribution in [3.05, 3.63) is 0 Å². The van der Waals surface area contributed by atoms with Crippen molar-refractivity contribution in [2.24, 2.45) is 5.73 Å². The van der Waals surface area contributed by atoms with E-state index in [0.717, 1.165) is 12.2 Å². The summed E-state index contributed by atoms with van der Waals surface area (Å²) in [7, 11) is 0. The molecule has 0 saturated heterocycles. The summed E-state index contributed by atoms with van der Waals surface area (Å²) in [6.07, 6.45) is 2.80. The molecule has 0 rings (SSSR count). The molecule has 0 saturated carbocycles. The second-order valence-corrected chi connectivity index (χ2v) is 3.74. The van der Waals surface area contributed by atoms with E-state index in [9.17, 15) is 4.79 Å². The van der Waals surface area contributed by atoms with E-state index < -0.39 is 0 Å². The van der Waals surface area contributed by atoms with Crippen LogP contribution in [0.1, 0.15) is 6.42 Å². The van der Waals surface area contributed by atoms with Crippen molar-refractivity contribution in [1.82, 2.24) is 0 Å². The third-order valence-corrected chi connectivity index (χ3v) is 2.37. The summed E-state index contributed by atoms with van der Waals surface area (Å²) in [5.41, 5.74) is 5.43. The molecule has 0 aliphatic heterocycles. The maximum Gasteiger partial charge on any atom is 0.208 e. The molecule has 0 radical (unpaired) electrons. The predicted molar refractivity (Wildman–Crippen MR) is 50.0 cm³/mol. The van der Waals surface area contributed by atoms with E-state index >= 15 is 0 Å². The highest BCUT2D eigenvalue weighted by Crippen LogP contribution is 2.02. The van der Waals surface area contributed by atoms with E-state index in [1.165, 1.54) is 0 Å². The summed E-state index contributed by atoms with van der Waals surface area (Å²) in [5, 5.41) is 0. The van der Waals surface area contributed by atoms with Gasteiger partial charge in [-0.05, 0) is 18.4 Å². The lowest BCUT2D eigenvalue weighted by Gasteiger charge is -2.02. The number of halogens is 1. The van der Waals surface area contributed by atoms with Crippen molar-refractivity contribution in [2.75, 3.05) is 12.0 Å². The Kier molecular flexibility index (Phi) is 5.92. The summed E-state index contributed by atoms with van der Waals surface area (Å²) < 4.78 is 0.0571. The normalized spacial score (nSPS) is 13.2. The molecule has 54 valence electrons. The Hall–Kier alpha value is 0.710. The molecule has 9 heavy (non-hydrogen) atoms. The Bertz CT molecular complexity index is 99.0. The van der Waals surface area contributed by atoms with Gasteiger partial charge >= 0.3 is 0 Å². The van der Waals surface area contributed by atoms with Crippen molar-refractivity contribution in [3.8, 4) is 0 Å². The van der Waals surface area contributed by atoms with E-state index in [1.54, 1.807) is 34.4 Å². The summed E-state index contributed by atoms with van der Waals surface area (Å²) in [5.74, 6) is 0.968. The smallest absolute Gasteiger partial charge is 0.208 e. The molecule has 2 nitrogen and oxygen atoms in total. The van der Waals surface area contributed by atoms with E-state index in [2.05, 4.69) is 0 Å². The average Bonchev–Trinajstić information content (AvgIpc) is 1.82. The first-order valence-electron chi connectivity index (χ1n) is 2.62. The van der Waals surface area contributed by atoms with Gasteiger partial charge in [-0.2, -0.15) is 11.8 Å². The van der Waals surface area contributed by atoms with Crippen LogP contribution >= 0.6 is 34.4 Å². The summed E-state index contributed by atoms with van der Waals surface area (Å²) in [6.45, 7) is 0. The van der Waals surface area contributed by atoms with Crippen LogP contribution in [0.15, 0.2) is 0 Å². The minimum absolute atomic E-state index is 0.0571. The maximum atomic E-state index is 10.5. The second-order valence-electron chi connectivity index (χ2n) is 1.69. The Morgan fingerprint density at radius 1 is 1.89 bits per heavy atom. The fourth-order valence-electron chi connectivity index (χ4n) is 0.358. The highest BCUT2D eigenvalue weighted by atomic mass is 127. The molecule has 0 aliphatic carbocycles. The molecule has 0 unspecified atom stereocenters. The zero-order valence-corrected chi connectivity index (χ0v) is 8.24. The van der Waals surface area contributed by atoms with Gasteiger partial charge in [-0.1, -0.05) is 0 Å². The molecule has 0 aromatic heterocycles. The monoisotopic (exact) mass is 259 g/mol. The molecule has 1 atom stereocenters. The first kappa shape index (κ1) is 9.71. The number of nitrogens with two attached hydrogens (primary N) is 1. The van der Waals surface area contributed by atoms with Gasteiger partial charge in [0.2, 0.25) is 3.79 Å². The van der Waals surface area contributed by atoms with Crippen LogP contribution in [0.4, 0.5) is 0 Å². The fraction of sp³-hybridized carbons (Fsp3) is 0.800. The number of carbonyl (C=O) groups excluding carboxylic acids is 1. The van der Waals surface area contributed by atoms with Crippen LogP contribution in [0.2, 0.25) is 0 Å². The molecule has 4 heteroatoms. The van der Waals surface area contributed by atoms with Crippen molar-refractivity contribution in [1.29, 1.82) is 0 Å². The highest BCUT2D eigenvalue weighted by molar-refractivity contribution is 14.1. The number of thioether (sulfide) groups is 1. The molecule has 0 fully saturated rings. The van der Waals surface area contributed by atoms with Gasteiger partial charge in [0.05, 0.1) is 6.04 Å². The SMILES string of the molecule is CSCC[C@H](N)C(=O)I. The largest absolute Gasteiger partial charge is 0.321 e. The van der Waals surface area contributed by atoms with Crippen molar-refractivity contribution in [2.45, 2.75) is 12.5 Å². The third-order valence-electron chi connectivity index (χ3n) is 0.924. The number of rotatable bonds is 4. The number of hydrogen-bond donors (Lipinski definition) is 1. The molecule has 0 aromatic rings. The Labute approximate surface area is 73.1 Å². The van der Waals surface area contributed by atoms with Crippen LogP contribution in [0.5, 0.6) is 0 Å². The van der Waals surface area contributed by atoms with Gasteiger partial charge in [-0.15, -0.1) is 0 Å². The molecular weight excluding hydrogens is 249 g/mol. The lowest BCUT2D eigenvalue weighted by atomic mass is 10.3. The van der Waals surface area contributed by atoms with Crippen molar-refractivity contribution < 1.29 is 4.79 Å². The third kappa shape index (κ3) is 5.17. The van der Waals surface area contributed by atoms with Gasteiger partial charge in [0, 0.05) is 22.6 Å². The minimum Gasteiger partial charge on any atom is -0.321 e. The first-order valence-corrected chi connectivity index (χ1v) is 5.09. The number of carbonyl (C=O) groups is 1. The lowest BCUT2D eigenvalue weighted by molar-refractivity contribution is -0.110. The van der Waals surface area contributed by atoms with Gasteiger partial charge in [0.15, 0.2) is 0 Å². The zero-order valence-electron chi connectivity index (χ0n) is 5.26. The van der Waals surface area contributed by atoms with E-state index in [4.69, 9.17) is 5.73 Å². The quantitative estimate of drug-likeness (QED) is 0.605. The van der Waals surface area contributed by atoms with E-state index in [1.807, 2.05) is 6.26 Å². The molecule has 0 aromatic carbocycles. The Morgan fingerprint density at radius 2 is 2.44 bits per heavy atom. The molecule has 0 spiro atoms. The molecule has 0 bridgehead atoms. The Balaban J connectivity index is 3.27. The number of hydrogen-bond acceptors (Lipinski definition) is 3. The van der Waals surface area contributed by atoms with Crippen LogP contribution in [0, 0.1) is 0 Å². The Morgan fingerprint density at radius 3 is 2.78 bits per heavy atom. The topological polar surface area (TPSA) is 43.1 Å². The molecule has 2 N–H and O–H groups in total. The standard InChI is InChI=1S/C5H10INOS/c1-9-3-2-4(7)5(6)8/h4H,2-3,7H2,1H3/t4-/m0/s1. The second kappa shape index (κ2) is 5.49.